The van der Waals surface area contributed by atoms with Crippen molar-refractivity contribution in [1.29, 1.82) is 0 Å². The van der Waals surface area contributed by atoms with E-state index in [0.717, 1.165) is 18.7 Å². The molecule has 0 aromatic heterocycles. The van der Waals surface area contributed by atoms with Crippen molar-refractivity contribution in [2.45, 2.75) is 59.9 Å². The molecule has 116 valence electrons. The molecule has 2 rings (SSSR count). The van der Waals surface area contributed by atoms with Gasteiger partial charge in [-0.2, -0.15) is 0 Å². The molecule has 0 aliphatic carbocycles. The molecule has 1 aromatic rings. The lowest BCUT2D eigenvalue weighted by Gasteiger charge is -2.29. The van der Waals surface area contributed by atoms with Crippen LogP contribution in [-0.2, 0) is 0 Å². The van der Waals surface area contributed by atoms with E-state index in [9.17, 15) is 4.79 Å². The van der Waals surface area contributed by atoms with Crippen molar-refractivity contribution in [2.24, 2.45) is 5.41 Å². The third-order valence-electron chi connectivity index (χ3n) is 5.69. The van der Waals surface area contributed by atoms with Gasteiger partial charge in [0.15, 0.2) is 5.78 Å². The average molecular weight is 287 g/mol. The Morgan fingerprint density at radius 1 is 1.24 bits per heavy atom. The molecule has 1 fully saturated rings. The summed E-state index contributed by atoms with van der Waals surface area (Å²) in [5, 5.41) is 0. The fraction of sp³-hybridized carbons (Fsp3) is 0.632. The van der Waals surface area contributed by atoms with Gasteiger partial charge in [-0.05, 0) is 69.2 Å². The van der Waals surface area contributed by atoms with Gasteiger partial charge in [-0.1, -0.05) is 26.0 Å². The van der Waals surface area contributed by atoms with Gasteiger partial charge in [0.25, 0.3) is 0 Å². The van der Waals surface area contributed by atoms with E-state index in [4.69, 9.17) is 0 Å². The molecule has 1 saturated heterocycles. The number of likely N-dealkylation sites (tertiary alicyclic amines) is 1. The Kier molecular flexibility index (Phi) is 4.88. The number of carbonyl (C=O) groups is 1. The minimum atomic E-state index is -0.00733. The fourth-order valence-electron chi connectivity index (χ4n) is 3.43. The molecule has 1 unspecified atom stereocenters. The number of hydrogen-bond donors (Lipinski definition) is 0. The van der Waals surface area contributed by atoms with Crippen molar-refractivity contribution in [1.82, 2.24) is 4.90 Å². The summed E-state index contributed by atoms with van der Waals surface area (Å²) in [6.45, 7) is 12.9. The highest BCUT2D eigenvalue weighted by atomic mass is 16.1. The molecule has 0 spiro atoms. The number of nitrogens with zero attached hydrogens (tertiary/aromatic N) is 1. The molecule has 1 aliphatic rings. The molecule has 0 saturated carbocycles. The van der Waals surface area contributed by atoms with Gasteiger partial charge < -0.3 is 0 Å². The lowest BCUT2D eigenvalue weighted by molar-refractivity contribution is 0.0849. The Morgan fingerprint density at radius 2 is 1.90 bits per heavy atom. The van der Waals surface area contributed by atoms with Crippen LogP contribution in [0.3, 0.4) is 0 Å². The molecule has 0 bridgehead atoms. The van der Waals surface area contributed by atoms with Crippen molar-refractivity contribution in [3.8, 4) is 0 Å². The number of carbonyl (C=O) groups excluding carboxylic acids is 1. The van der Waals surface area contributed by atoms with Crippen LogP contribution in [0.4, 0.5) is 0 Å². The Bertz CT molecular complexity index is 516. The minimum absolute atomic E-state index is 0.00733. The highest BCUT2D eigenvalue weighted by Gasteiger charge is 2.38. The predicted molar refractivity (Wildman–Crippen MR) is 88.9 cm³/mol. The molecular weight excluding hydrogens is 258 g/mol. The van der Waals surface area contributed by atoms with Crippen LogP contribution in [0, 0.1) is 19.3 Å². The Hall–Kier alpha value is -1.15. The zero-order valence-corrected chi connectivity index (χ0v) is 14.2. The second-order valence-corrected chi connectivity index (χ2v) is 6.77. The monoisotopic (exact) mass is 287 g/mol. The third-order valence-corrected chi connectivity index (χ3v) is 5.69. The highest BCUT2D eigenvalue weighted by Crippen LogP contribution is 2.38. The molecule has 0 radical (unpaired) electrons. The second kappa shape index (κ2) is 6.31. The zero-order chi connectivity index (χ0) is 15.6. The molecule has 1 atom stereocenters. The van der Waals surface area contributed by atoms with Gasteiger partial charge >= 0.3 is 0 Å². The first kappa shape index (κ1) is 16.2. The van der Waals surface area contributed by atoms with Crippen LogP contribution in [0.15, 0.2) is 18.2 Å². The molecule has 0 N–H and O–H groups in total. The van der Waals surface area contributed by atoms with Crippen molar-refractivity contribution in [2.75, 3.05) is 13.1 Å². The Balaban J connectivity index is 2.11. The quantitative estimate of drug-likeness (QED) is 0.749. The van der Waals surface area contributed by atoms with E-state index in [-0.39, 0.29) is 11.8 Å². The van der Waals surface area contributed by atoms with E-state index in [2.05, 4.69) is 45.6 Å². The number of Topliss-reactive ketones (excluding diaryl/α,β-unsaturated/α-hetero) is 1. The van der Waals surface area contributed by atoms with Gasteiger partial charge in [0.2, 0.25) is 0 Å². The van der Waals surface area contributed by atoms with Gasteiger partial charge in [-0.25, -0.2) is 0 Å². The first-order chi connectivity index (χ1) is 9.92. The van der Waals surface area contributed by atoms with E-state index in [1.54, 1.807) is 0 Å². The van der Waals surface area contributed by atoms with Crippen molar-refractivity contribution >= 4 is 5.78 Å². The highest BCUT2D eigenvalue weighted by molar-refractivity contribution is 6.00. The maximum absolute atomic E-state index is 12.7. The van der Waals surface area contributed by atoms with Crippen molar-refractivity contribution in [3.63, 3.8) is 0 Å². The second-order valence-electron chi connectivity index (χ2n) is 6.77. The standard InChI is InChI=1S/C19H29NO/c1-6-19(7-2)10-11-20(13-19)16(5)18(21)17-9-8-14(3)15(4)12-17/h8-9,12,16H,6-7,10-11,13H2,1-5H3. The van der Waals surface area contributed by atoms with Gasteiger partial charge in [0.1, 0.15) is 0 Å². The van der Waals surface area contributed by atoms with Gasteiger partial charge in [-0.15, -0.1) is 0 Å². The summed E-state index contributed by atoms with van der Waals surface area (Å²) in [6.07, 6.45) is 3.65. The summed E-state index contributed by atoms with van der Waals surface area (Å²) >= 11 is 0. The Morgan fingerprint density at radius 3 is 2.43 bits per heavy atom. The molecule has 2 nitrogen and oxygen atoms in total. The minimum Gasteiger partial charge on any atom is -0.293 e. The van der Waals surface area contributed by atoms with Crippen molar-refractivity contribution in [3.05, 3.63) is 34.9 Å². The SMILES string of the molecule is CCC1(CC)CCN(C(C)C(=O)c2ccc(C)c(C)c2)C1. The normalized spacial score (nSPS) is 19.7. The van der Waals surface area contributed by atoms with Crippen LogP contribution < -0.4 is 0 Å². The summed E-state index contributed by atoms with van der Waals surface area (Å²) < 4.78 is 0. The summed E-state index contributed by atoms with van der Waals surface area (Å²) in [5.41, 5.74) is 3.73. The van der Waals surface area contributed by atoms with E-state index < -0.39 is 0 Å². The van der Waals surface area contributed by atoms with E-state index in [1.165, 1.54) is 30.4 Å². The lowest BCUT2D eigenvalue weighted by Crippen LogP contribution is -2.39. The predicted octanol–water partition coefficient (Wildman–Crippen LogP) is 4.39. The number of aryl methyl sites for hydroxylation is 2. The molecule has 1 aliphatic heterocycles. The van der Waals surface area contributed by atoms with Crippen LogP contribution in [-0.4, -0.2) is 29.8 Å². The van der Waals surface area contributed by atoms with Gasteiger partial charge in [0.05, 0.1) is 6.04 Å². The molecule has 21 heavy (non-hydrogen) atoms. The third kappa shape index (κ3) is 3.21. The van der Waals surface area contributed by atoms with E-state index in [1.807, 2.05) is 12.1 Å². The smallest absolute Gasteiger partial charge is 0.179 e. The maximum atomic E-state index is 12.7. The summed E-state index contributed by atoms with van der Waals surface area (Å²) in [4.78, 5) is 15.1. The first-order valence-electron chi connectivity index (χ1n) is 8.28. The zero-order valence-electron chi connectivity index (χ0n) is 14.2. The summed E-state index contributed by atoms with van der Waals surface area (Å²) in [5.74, 6) is 0.265. The van der Waals surface area contributed by atoms with Gasteiger partial charge in [-0.3, -0.25) is 9.69 Å². The molecule has 1 heterocycles. The number of benzene rings is 1. The van der Waals surface area contributed by atoms with Crippen LogP contribution in [0.1, 0.15) is 61.5 Å². The molecule has 0 amide bonds. The molecule has 1 aromatic carbocycles. The molecular formula is C19H29NO. The number of ketones is 1. The summed E-state index contributed by atoms with van der Waals surface area (Å²) in [6, 6.07) is 6.07. The van der Waals surface area contributed by atoms with Crippen LogP contribution in [0.25, 0.3) is 0 Å². The molecule has 2 heteroatoms. The fourth-order valence-corrected chi connectivity index (χ4v) is 3.43. The van der Waals surface area contributed by atoms with E-state index in [0.29, 0.717) is 5.41 Å². The van der Waals surface area contributed by atoms with E-state index >= 15 is 0 Å². The van der Waals surface area contributed by atoms with Crippen LogP contribution in [0.2, 0.25) is 0 Å². The average Bonchev–Trinajstić information content (AvgIpc) is 2.93. The number of rotatable bonds is 5. The van der Waals surface area contributed by atoms with Crippen LogP contribution in [0.5, 0.6) is 0 Å². The first-order valence-corrected chi connectivity index (χ1v) is 8.28. The van der Waals surface area contributed by atoms with Crippen LogP contribution >= 0.6 is 0 Å². The maximum Gasteiger partial charge on any atom is 0.179 e. The largest absolute Gasteiger partial charge is 0.293 e. The van der Waals surface area contributed by atoms with Gasteiger partial charge in [0, 0.05) is 12.1 Å². The lowest BCUT2D eigenvalue weighted by atomic mass is 9.82. The Labute approximate surface area is 129 Å². The van der Waals surface area contributed by atoms with Crippen molar-refractivity contribution < 1.29 is 4.79 Å². The topological polar surface area (TPSA) is 20.3 Å². The number of hydrogen-bond acceptors (Lipinski definition) is 2. The summed E-state index contributed by atoms with van der Waals surface area (Å²) in [7, 11) is 0.